The van der Waals surface area contributed by atoms with Crippen molar-refractivity contribution in [1.82, 2.24) is 0 Å². The third-order valence-electron chi connectivity index (χ3n) is 2.49. The van der Waals surface area contributed by atoms with Gasteiger partial charge in [0.05, 0.1) is 17.2 Å². The van der Waals surface area contributed by atoms with Crippen LogP contribution in [0.15, 0.2) is 42.5 Å². The number of carbonyl (C=O) groups is 1. The minimum Gasteiger partial charge on any atom is -0.298 e. The summed E-state index contributed by atoms with van der Waals surface area (Å²) in [4.78, 5) is 10.5. The average molecular weight is 249 g/mol. The van der Waals surface area contributed by atoms with Gasteiger partial charge in [0.2, 0.25) is 0 Å². The number of hydrogen-bond donors (Lipinski definition) is 0. The Hall–Kier alpha value is -2.91. The van der Waals surface area contributed by atoms with Crippen molar-refractivity contribution in [2.75, 3.05) is 0 Å². The molecule has 2 nitrogen and oxygen atoms in total. The van der Waals surface area contributed by atoms with Crippen molar-refractivity contribution in [1.29, 1.82) is 5.26 Å². The third kappa shape index (κ3) is 3.06. The number of benzene rings is 2. The summed E-state index contributed by atoms with van der Waals surface area (Å²) in [5.41, 5.74) is 1.81. The molecular weight excluding hydrogens is 241 g/mol. The summed E-state index contributed by atoms with van der Waals surface area (Å²) < 4.78 is 13.3. The zero-order chi connectivity index (χ0) is 13.7. The number of nitriles is 1. The number of aldehydes is 1. The van der Waals surface area contributed by atoms with Crippen molar-refractivity contribution in [3.63, 3.8) is 0 Å². The van der Waals surface area contributed by atoms with Crippen molar-refractivity contribution in [3.8, 4) is 17.9 Å². The lowest BCUT2D eigenvalue weighted by atomic mass is 10.1. The van der Waals surface area contributed by atoms with E-state index < -0.39 is 5.82 Å². The van der Waals surface area contributed by atoms with E-state index in [1.54, 1.807) is 30.3 Å². The molecule has 0 radical (unpaired) electrons. The van der Waals surface area contributed by atoms with Crippen LogP contribution < -0.4 is 0 Å². The van der Waals surface area contributed by atoms with E-state index in [4.69, 9.17) is 5.26 Å². The molecule has 2 rings (SSSR count). The molecule has 0 aliphatic rings. The van der Waals surface area contributed by atoms with Crippen LogP contribution in [0.3, 0.4) is 0 Å². The molecule has 0 atom stereocenters. The Labute approximate surface area is 110 Å². The van der Waals surface area contributed by atoms with Gasteiger partial charge in [-0.25, -0.2) is 4.39 Å². The molecule has 2 aromatic carbocycles. The van der Waals surface area contributed by atoms with Crippen molar-refractivity contribution < 1.29 is 9.18 Å². The van der Waals surface area contributed by atoms with Gasteiger partial charge in [0.15, 0.2) is 6.29 Å². The molecule has 0 saturated carbocycles. The molecule has 90 valence electrons. The second-order valence-corrected chi connectivity index (χ2v) is 3.79. The number of nitrogens with zero attached hydrogens (tertiary/aromatic N) is 1. The first-order valence-corrected chi connectivity index (χ1v) is 5.50. The molecule has 0 N–H and O–H groups in total. The first-order valence-electron chi connectivity index (χ1n) is 5.50. The van der Waals surface area contributed by atoms with Crippen LogP contribution in [0.25, 0.3) is 0 Å². The lowest BCUT2D eigenvalue weighted by Crippen LogP contribution is -1.88. The predicted molar refractivity (Wildman–Crippen MR) is 68.9 cm³/mol. The van der Waals surface area contributed by atoms with E-state index >= 15 is 0 Å². The van der Waals surface area contributed by atoms with Gasteiger partial charge in [0, 0.05) is 11.1 Å². The molecule has 0 saturated heterocycles. The van der Waals surface area contributed by atoms with Gasteiger partial charge >= 0.3 is 0 Å². The molecule has 2 aromatic rings. The maximum atomic E-state index is 13.3. The van der Waals surface area contributed by atoms with Gasteiger partial charge in [0.25, 0.3) is 0 Å². The van der Waals surface area contributed by atoms with Crippen LogP contribution in [0.5, 0.6) is 0 Å². The molecule has 0 heterocycles. The maximum Gasteiger partial charge on any atom is 0.152 e. The van der Waals surface area contributed by atoms with Gasteiger partial charge in [-0.05, 0) is 42.5 Å². The summed E-state index contributed by atoms with van der Waals surface area (Å²) in [6, 6.07) is 13.0. The third-order valence-corrected chi connectivity index (χ3v) is 2.49. The largest absolute Gasteiger partial charge is 0.298 e. The Morgan fingerprint density at radius 1 is 0.947 bits per heavy atom. The zero-order valence-corrected chi connectivity index (χ0v) is 9.85. The molecule has 0 aliphatic carbocycles. The lowest BCUT2D eigenvalue weighted by Gasteiger charge is -1.95. The molecular formula is C16H8FNO. The Morgan fingerprint density at radius 3 is 2.11 bits per heavy atom. The van der Waals surface area contributed by atoms with Gasteiger partial charge in [0.1, 0.15) is 5.82 Å². The molecule has 0 spiro atoms. The zero-order valence-electron chi connectivity index (χ0n) is 9.85. The standard InChI is InChI=1S/C16H8FNO/c17-16-9-13(7-8-15(16)11-19)4-1-12-2-5-14(10-18)6-3-12/h2-3,5-9,11H. The minimum absolute atomic E-state index is 0.0175. The highest BCUT2D eigenvalue weighted by molar-refractivity contribution is 5.75. The van der Waals surface area contributed by atoms with E-state index in [-0.39, 0.29) is 5.56 Å². The molecule has 0 aliphatic heterocycles. The highest BCUT2D eigenvalue weighted by Gasteiger charge is 2.00. The SMILES string of the molecule is N#Cc1ccc(C#Cc2ccc(C=O)c(F)c2)cc1. The maximum absolute atomic E-state index is 13.3. The fraction of sp³-hybridized carbons (Fsp3) is 0. The molecule has 0 bridgehead atoms. The Balaban J connectivity index is 2.26. The lowest BCUT2D eigenvalue weighted by molar-refractivity contribution is 0.112. The first kappa shape index (κ1) is 12.5. The number of hydrogen-bond acceptors (Lipinski definition) is 2. The van der Waals surface area contributed by atoms with Crippen LogP contribution in [0.2, 0.25) is 0 Å². The smallest absolute Gasteiger partial charge is 0.152 e. The van der Waals surface area contributed by atoms with Crippen LogP contribution in [0.4, 0.5) is 4.39 Å². The summed E-state index contributed by atoms with van der Waals surface area (Å²) in [5.74, 6) is 5.08. The number of carbonyl (C=O) groups excluding carboxylic acids is 1. The Morgan fingerprint density at radius 2 is 1.53 bits per heavy atom. The van der Waals surface area contributed by atoms with Crippen molar-refractivity contribution in [3.05, 3.63) is 70.5 Å². The molecule has 0 fully saturated rings. The van der Waals surface area contributed by atoms with Gasteiger partial charge < -0.3 is 0 Å². The summed E-state index contributed by atoms with van der Waals surface area (Å²) >= 11 is 0. The van der Waals surface area contributed by atoms with E-state index in [1.807, 2.05) is 6.07 Å². The monoisotopic (exact) mass is 249 g/mol. The average Bonchev–Trinajstić information content (AvgIpc) is 2.46. The van der Waals surface area contributed by atoms with E-state index in [2.05, 4.69) is 11.8 Å². The van der Waals surface area contributed by atoms with E-state index in [9.17, 15) is 9.18 Å². The molecule has 0 amide bonds. The predicted octanol–water partition coefficient (Wildman–Crippen LogP) is 2.91. The Bertz CT molecular complexity index is 715. The van der Waals surface area contributed by atoms with Crippen molar-refractivity contribution in [2.24, 2.45) is 0 Å². The van der Waals surface area contributed by atoms with Gasteiger partial charge in [-0.2, -0.15) is 5.26 Å². The molecule has 19 heavy (non-hydrogen) atoms. The minimum atomic E-state index is -0.582. The quantitative estimate of drug-likeness (QED) is 0.576. The molecule has 3 heteroatoms. The second kappa shape index (κ2) is 5.62. The van der Waals surface area contributed by atoms with Crippen LogP contribution in [-0.2, 0) is 0 Å². The van der Waals surface area contributed by atoms with Crippen LogP contribution in [-0.4, -0.2) is 6.29 Å². The number of rotatable bonds is 1. The summed E-state index contributed by atoms with van der Waals surface area (Å²) in [5, 5.41) is 8.66. The highest BCUT2D eigenvalue weighted by atomic mass is 19.1. The van der Waals surface area contributed by atoms with Crippen LogP contribution in [0, 0.1) is 29.0 Å². The van der Waals surface area contributed by atoms with E-state index in [1.165, 1.54) is 12.1 Å². The van der Waals surface area contributed by atoms with E-state index in [0.717, 1.165) is 5.56 Å². The Kier molecular flexibility index (Phi) is 3.71. The summed E-state index contributed by atoms with van der Waals surface area (Å²) in [6.07, 6.45) is 0.465. The fourth-order valence-corrected chi connectivity index (χ4v) is 1.47. The fourth-order valence-electron chi connectivity index (χ4n) is 1.47. The van der Waals surface area contributed by atoms with Gasteiger partial charge in [-0.1, -0.05) is 11.8 Å². The number of halogens is 1. The first-order chi connectivity index (χ1) is 9.22. The van der Waals surface area contributed by atoms with Crippen molar-refractivity contribution >= 4 is 6.29 Å². The van der Waals surface area contributed by atoms with Crippen LogP contribution in [0.1, 0.15) is 27.0 Å². The topological polar surface area (TPSA) is 40.9 Å². The normalized spacial score (nSPS) is 9.05. The van der Waals surface area contributed by atoms with Crippen LogP contribution >= 0.6 is 0 Å². The molecule has 0 aromatic heterocycles. The summed E-state index contributed by atoms with van der Waals surface area (Å²) in [6.45, 7) is 0. The van der Waals surface area contributed by atoms with E-state index in [0.29, 0.717) is 17.4 Å². The highest BCUT2D eigenvalue weighted by Crippen LogP contribution is 2.08. The summed E-state index contributed by atoms with van der Waals surface area (Å²) in [7, 11) is 0. The van der Waals surface area contributed by atoms with Crippen molar-refractivity contribution in [2.45, 2.75) is 0 Å². The van der Waals surface area contributed by atoms with Gasteiger partial charge in [-0.3, -0.25) is 4.79 Å². The van der Waals surface area contributed by atoms with Gasteiger partial charge in [-0.15, -0.1) is 0 Å². The molecule has 0 unspecified atom stereocenters. The second-order valence-electron chi connectivity index (χ2n) is 3.79.